The zero-order valence-corrected chi connectivity index (χ0v) is 21.1. The van der Waals surface area contributed by atoms with E-state index in [2.05, 4.69) is 11.4 Å². The van der Waals surface area contributed by atoms with Gasteiger partial charge in [-0.05, 0) is 73.1 Å². The third-order valence-electron chi connectivity index (χ3n) is 6.52. The van der Waals surface area contributed by atoms with Crippen LogP contribution in [0.15, 0.2) is 77.7 Å². The number of rotatable bonds is 9. The summed E-state index contributed by atoms with van der Waals surface area (Å²) in [4.78, 5) is 13.3. The van der Waals surface area contributed by atoms with Crippen molar-refractivity contribution in [2.45, 2.75) is 43.5 Å². The first-order valence-corrected chi connectivity index (χ1v) is 13.4. The van der Waals surface area contributed by atoms with E-state index in [4.69, 9.17) is 4.74 Å². The second kappa shape index (κ2) is 11.1. The summed E-state index contributed by atoms with van der Waals surface area (Å²) in [5, 5.41) is 3.09. The fourth-order valence-corrected chi connectivity index (χ4v) is 6.13. The van der Waals surface area contributed by atoms with Crippen LogP contribution < -0.4 is 10.1 Å². The fourth-order valence-electron chi connectivity index (χ4n) is 4.65. The average molecular weight is 493 g/mol. The van der Waals surface area contributed by atoms with E-state index >= 15 is 0 Å². The number of hydrogen-bond acceptors (Lipinski definition) is 4. The normalized spacial score (nSPS) is 15.5. The van der Waals surface area contributed by atoms with Gasteiger partial charge in [0.2, 0.25) is 15.9 Å². The molecule has 0 aromatic heterocycles. The topological polar surface area (TPSA) is 75.7 Å². The first kappa shape index (κ1) is 24.9. The molecule has 0 unspecified atom stereocenters. The number of hydrogen-bond donors (Lipinski definition) is 1. The number of benzene rings is 3. The Morgan fingerprint density at radius 1 is 1.06 bits per heavy atom. The minimum atomic E-state index is -3.90. The number of ether oxygens (including phenoxy) is 1. The lowest BCUT2D eigenvalue weighted by Crippen LogP contribution is -2.43. The smallest absolute Gasteiger partial charge is 0.243 e. The molecule has 1 aliphatic rings. The predicted molar refractivity (Wildman–Crippen MR) is 137 cm³/mol. The van der Waals surface area contributed by atoms with Gasteiger partial charge in [-0.25, -0.2) is 8.42 Å². The highest BCUT2D eigenvalue weighted by atomic mass is 32.2. The molecular weight excluding hydrogens is 460 g/mol. The Morgan fingerprint density at radius 2 is 1.80 bits per heavy atom. The van der Waals surface area contributed by atoms with Crippen LogP contribution >= 0.6 is 0 Å². The van der Waals surface area contributed by atoms with Crippen LogP contribution in [0.1, 0.15) is 41.1 Å². The Labute approximate surface area is 208 Å². The largest absolute Gasteiger partial charge is 0.496 e. The van der Waals surface area contributed by atoms with Crippen LogP contribution in [0.3, 0.4) is 0 Å². The highest BCUT2D eigenvalue weighted by Crippen LogP contribution is 2.29. The van der Waals surface area contributed by atoms with Crippen molar-refractivity contribution >= 4 is 15.9 Å². The van der Waals surface area contributed by atoms with Crippen molar-refractivity contribution in [3.05, 3.63) is 95.1 Å². The zero-order chi connectivity index (χ0) is 24.8. The monoisotopic (exact) mass is 492 g/mol. The number of nitrogens with zero attached hydrogens (tertiary/aromatic N) is 1. The zero-order valence-electron chi connectivity index (χ0n) is 20.2. The molecule has 3 aromatic carbocycles. The number of aryl methyl sites for hydroxylation is 2. The molecule has 0 heterocycles. The summed E-state index contributed by atoms with van der Waals surface area (Å²) in [6.45, 7) is 1.77. The van der Waals surface area contributed by atoms with Crippen LogP contribution in [0, 0.1) is 6.92 Å². The summed E-state index contributed by atoms with van der Waals surface area (Å²) in [5.41, 5.74) is 4.10. The first-order chi connectivity index (χ1) is 16.9. The van der Waals surface area contributed by atoms with Crippen LogP contribution in [-0.4, -0.2) is 38.8 Å². The third kappa shape index (κ3) is 5.92. The van der Waals surface area contributed by atoms with E-state index in [1.807, 2.05) is 48.5 Å². The van der Waals surface area contributed by atoms with Crippen LogP contribution in [-0.2, 0) is 27.7 Å². The summed E-state index contributed by atoms with van der Waals surface area (Å²) < 4.78 is 33.8. The van der Waals surface area contributed by atoms with Crippen molar-refractivity contribution in [2.75, 3.05) is 20.2 Å². The minimum Gasteiger partial charge on any atom is -0.496 e. The quantitative estimate of drug-likeness (QED) is 0.480. The molecule has 0 fully saturated rings. The lowest BCUT2D eigenvalue weighted by atomic mass is 9.88. The maximum atomic E-state index is 13.6. The van der Waals surface area contributed by atoms with Gasteiger partial charge in [0.1, 0.15) is 5.75 Å². The summed E-state index contributed by atoms with van der Waals surface area (Å²) in [7, 11) is -2.35. The van der Waals surface area contributed by atoms with Crippen molar-refractivity contribution < 1.29 is 17.9 Å². The van der Waals surface area contributed by atoms with Gasteiger partial charge >= 0.3 is 0 Å². The molecule has 1 amide bonds. The van der Waals surface area contributed by atoms with Crippen molar-refractivity contribution in [1.29, 1.82) is 0 Å². The van der Waals surface area contributed by atoms with Crippen molar-refractivity contribution in [1.82, 2.24) is 9.62 Å². The van der Waals surface area contributed by atoms with E-state index in [-0.39, 0.29) is 29.9 Å². The molecular formula is C28H32N2O4S. The number of carbonyl (C=O) groups is 1. The van der Waals surface area contributed by atoms with Crippen LogP contribution in [0.5, 0.6) is 5.75 Å². The molecule has 0 saturated carbocycles. The van der Waals surface area contributed by atoms with Crippen LogP contribution in [0.25, 0.3) is 0 Å². The average Bonchev–Trinajstić information content (AvgIpc) is 2.87. The Balaban J connectivity index is 1.55. The molecule has 0 saturated heterocycles. The Bertz CT molecular complexity index is 1280. The van der Waals surface area contributed by atoms with Gasteiger partial charge in [-0.15, -0.1) is 0 Å². The van der Waals surface area contributed by atoms with E-state index in [1.54, 1.807) is 26.2 Å². The van der Waals surface area contributed by atoms with E-state index in [9.17, 15) is 13.2 Å². The standard InChI is InChI=1S/C28H32N2O4S/c1-21-19-24(15-16-27(21)34-2)35(32,33)30(18-17-22-9-4-3-5-10-22)20-28(31)29-26-14-8-12-23-11-6-7-13-25(23)26/h3-7,9-11,13,15-16,19,26H,8,12,14,17-18,20H2,1-2H3,(H,29,31)/t26-/m1/s1. The molecule has 1 atom stereocenters. The fraction of sp³-hybridized carbons (Fsp3) is 0.321. The maximum Gasteiger partial charge on any atom is 0.243 e. The van der Waals surface area contributed by atoms with E-state index in [0.717, 1.165) is 36.0 Å². The molecule has 1 aliphatic carbocycles. The Morgan fingerprint density at radius 3 is 2.54 bits per heavy atom. The molecule has 0 bridgehead atoms. The van der Waals surface area contributed by atoms with Crippen LogP contribution in [0.2, 0.25) is 0 Å². The number of carbonyl (C=O) groups excluding carboxylic acids is 1. The summed E-state index contributed by atoms with van der Waals surface area (Å²) in [5.74, 6) is 0.321. The van der Waals surface area contributed by atoms with E-state index < -0.39 is 10.0 Å². The molecule has 6 nitrogen and oxygen atoms in total. The molecule has 35 heavy (non-hydrogen) atoms. The second-order valence-electron chi connectivity index (χ2n) is 8.92. The van der Waals surface area contributed by atoms with Crippen molar-refractivity contribution in [2.24, 2.45) is 0 Å². The lowest BCUT2D eigenvalue weighted by molar-refractivity contribution is -0.122. The van der Waals surface area contributed by atoms with Gasteiger partial charge in [0.25, 0.3) is 0 Å². The highest BCUT2D eigenvalue weighted by Gasteiger charge is 2.29. The predicted octanol–water partition coefficient (Wildman–Crippen LogP) is 4.43. The van der Waals surface area contributed by atoms with Gasteiger partial charge in [0.05, 0.1) is 24.6 Å². The molecule has 1 N–H and O–H groups in total. The van der Waals surface area contributed by atoms with Gasteiger partial charge in [-0.2, -0.15) is 4.31 Å². The van der Waals surface area contributed by atoms with E-state index in [1.165, 1.54) is 15.9 Å². The van der Waals surface area contributed by atoms with Gasteiger partial charge in [-0.1, -0.05) is 54.6 Å². The summed E-state index contributed by atoms with van der Waals surface area (Å²) >= 11 is 0. The SMILES string of the molecule is COc1ccc(S(=O)(=O)N(CCc2ccccc2)CC(=O)N[C@@H]2CCCc3ccccc32)cc1C. The summed E-state index contributed by atoms with van der Waals surface area (Å²) in [6.07, 6.45) is 3.34. The molecule has 0 radical (unpaired) electrons. The molecule has 7 heteroatoms. The molecule has 0 spiro atoms. The molecule has 0 aliphatic heterocycles. The van der Waals surface area contributed by atoms with Gasteiger partial charge in [-0.3, -0.25) is 4.79 Å². The Hall–Kier alpha value is -3.16. The maximum absolute atomic E-state index is 13.6. The van der Waals surface area contributed by atoms with Gasteiger partial charge < -0.3 is 10.1 Å². The highest BCUT2D eigenvalue weighted by molar-refractivity contribution is 7.89. The van der Waals surface area contributed by atoms with Crippen LogP contribution in [0.4, 0.5) is 0 Å². The van der Waals surface area contributed by atoms with Gasteiger partial charge in [0.15, 0.2) is 0 Å². The van der Waals surface area contributed by atoms with Crippen molar-refractivity contribution in [3.63, 3.8) is 0 Å². The molecule has 4 rings (SSSR count). The second-order valence-corrected chi connectivity index (χ2v) is 10.9. The third-order valence-corrected chi connectivity index (χ3v) is 8.36. The Kier molecular flexibility index (Phi) is 7.88. The number of sulfonamides is 1. The number of fused-ring (bicyclic) bond motifs is 1. The minimum absolute atomic E-state index is 0.102. The van der Waals surface area contributed by atoms with Gasteiger partial charge in [0, 0.05) is 6.54 Å². The number of methoxy groups -OCH3 is 1. The van der Waals surface area contributed by atoms with E-state index in [0.29, 0.717) is 12.2 Å². The first-order valence-electron chi connectivity index (χ1n) is 11.9. The van der Waals surface area contributed by atoms with Crippen molar-refractivity contribution in [3.8, 4) is 5.75 Å². The summed E-state index contributed by atoms with van der Waals surface area (Å²) in [6, 6.07) is 22.5. The number of nitrogens with one attached hydrogen (secondary N) is 1. The lowest BCUT2D eigenvalue weighted by Gasteiger charge is -2.28. The molecule has 3 aromatic rings. The number of amides is 1. The molecule has 184 valence electrons.